The van der Waals surface area contributed by atoms with Gasteiger partial charge in [-0.25, -0.2) is 4.79 Å². The van der Waals surface area contributed by atoms with E-state index in [-0.39, 0.29) is 11.2 Å². The van der Waals surface area contributed by atoms with Gasteiger partial charge in [-0.3, -0.25) is 14.3 Å². The van der Waals surface area contributed by atoms with Gasteiger partial charge in [0, 0.05) is 18.3 Å². The van der Waals surface area contributed by atoms with Gasteiger partial charge >= 0.3 is 5.69 Å². The number of rotatable bonds is 1. The van der Waals surface area contributed by atoms with E-state index >= 15 is 0 Å². The predicted molar refractivity (Wildman–Crippen MR) is 48.8 cm³/mol. The fourth-order valence-electron chi connectivity index (χ4n) is 1.80. The average Bonchev–Trinajstić information content (AvgIpc) is 2.00. The van der Waals surface area contributed by atoms with Crippen molar-refractivity contribution in [1.82, 2.24) is 9.55 Å². The number of hydrogen-bond acceptors (Lipinski definition) is 2. The minimum atomic E-state index is -0.325. The highest BCUT2D eigenvalue weighted by atomic mass is 16.2. The van der Waals surface area contributed by atoms with Crippen molar-refractivity contribution >= 4 is 0 Å². The summed E-state index contributed by atoms with van der Waals surface area (Å²) in [6.07, 6.45) is 3.65. The Morgan fingerprint density at radius 3 is 2.69 bits per heavy atom. The quantitative estimate of drug-likeness (QED) is 0.684. The summed E-state index contributed by atoms with van der Waals surface area (Å²) >= 11 is 0. The van der Waals surface area contributed by atoms with Crippen LogP contribution in [0, 0.1) is 5.92 Å². The van der Waals surface area contributed by atoms with Crippen molar-refractivity contribution in [3.8, 4) is 0 Å². The summed E-state index contributed by atoms with van der Waals surface area (Å²) in [5.41, 5.74) is -0.613. The zero-order valence-corrected chi connectivity index (χ0v) is 7.49. The molecular weight excluding hydrogens is 168 g/mol. The van der Waals surface area contributed by atoms with E-state index in [4.69, 9.17) is 0 Å². The van der Waals surface area contributed by atoms with Crippen LogP contribution in [0.15, 0.2) is 21.9 Å². The van der Waals surface area contributed by atoms with Crippen molar-refractivity contribution in [2.45, 2.75) is 25.8 Å². The lowest BCUT2D eigenvalue weighted by atomic mass is 9.82. The van der Waals surface area contributed by atoms with E-state index in [1.54, 1.807) is 10.8 Å². The molecule has 0 atom stereocenters. The van der Waals surface area contributed by atoms with Crippen LogP contribution in [0.5, 0.6) is 0 Å². The van der Waals surface area contributed by atoms with Crippen LogP contribution in [-0.2, 0) is 0 Å². The standard InChI is InChI=1S/C9H12N2O2/c1-6-4-7(5-6)11-3-2-8(12)10-9(11)13/h2-3,6-7H,4-5H2,1H3,(H,10,12,13). The molecule has 1 aliphatic carbocycles. The topological polar surface area (TPSA) is 54.9 Å². The van der Waals surface area contributed by atoms with E-state index in [9.17, 15) is 9.59 Å². The van der Waals surface area contributed by atoms with Crippen LogP contribution in [0.1, 0.15) is 25.8 Å². The molecule has 70 valence electrons. The molecule has 13 heavy (non-hydrogen) atoms. The summed E-state index contributed by atoms with van der Waals surface area (Å²) in [6.45, 7) is 2.16. The van der Waals surface area contributed by atoms with Crippen LogP contribution in [0.4, 0.5) is 0 Å². The SMILES string of the molecule is CC1CC(n2ccc(=O)[nH]c2=O)C1. The van der Waals surface area contributed by atoms with Crippen molar-refractivity contribution in [3.05, 3.63) is 33.1 Å². The average molecular weight is 180 g/mol. The highest BCUT2D eigenvalue weighted by Gasteiger charge is 2.27. The Morgan fingerprint density at radius 2 is 2.15 bits per heavy atom. The zero-order valence-electron chi connectivity index (χ0n) is 7.49. The molecule has 1 heterocycles. The number of aromatic amines is 1. The molecule has 1 aromatic heterocycles. The second kappa shape index (κ2) is 2.87. The third-order valence-electron chi connectivity index (χ3n) is 2.59. The largest absolute Gasteiger partial charge is 0.328 e. The third kappa shape index (κ3) is 1.43. The summed E-state index contributed by atoms with van der Waals surface area (Å²) in [5.74, 6) is 0.698. The van der Waals surface area contributed by atoms with Gasteiger partial charge < -0.3 is 0 Å². The first-order chi connectivity index (χ1) is 6.16. The molecule has 1 aromatic rings. The lowest BCUT2D eigenvalue weighted by Crippen LogP contribution is -2.36. The van der Waals surface area contributed by atoms with Crippen LogP contribution < -0.4 is 11.2 Å². The van der Waals surface area contributed by atoms with Crippen molar-refractivity contribution in [1.29, 1.82) is 0 Å². The second-order valence-electron chi connectivity index (χ2n) is 3.75. The van der Waals surface area contributed by atoms with Crippen molar-refractivity contribution in [2.24, 2.45) is 5.92 Å². The second-order valence-corrected chi connectivity index (χ2v) is 3.75. The molecular formula is C9H12N2O2. The molecule has 0 radical (unpaired) electrons. The molecule has 0 saturated heterocycles. The number of aromatic nitrogens is 2. The van der Waals surface area contributed by atoms with Gasteiger partial charge in [0.1, 0.15) is 0 Å². The lowest BCUT2D eigenvalue weighted by Gasteiger charge is -2.33. The molecule has 0 bridgehead atoms. The molecule has 4 nitrogen and oxygen atoms in total. The van der Waals surface area contributed by atoms with Crippen molar-refractivity contribution < 1.29 is 0 Å². The Bertz CT molecular complexity index is 412. The van der Waals surface area contributed by atoms with Crippen LogP contribution in [0.2, 0.25) is 0 Å². The smallest absolute Gasteiger partial charge is 0.298 e. The minimum absolute atomic E-state index is 0.288. The molecule has 1 aliphatic rings. The Kier molecular flexibility index (Phi) is 1.83. The summed E-state index contributed by atoms with van der Waals surface area (Å²) in [4.78, 5) is 24.3. The Labute approximate surface area is 75.2 Å². The number of nitrogens with zero attached hydrogens (tertiary/aromatic N) is 1. The highest BCUT2D eigenvalue weighted by molar-refractivity contribution is 4.90. The van der Waals surface area contributed by atoms with E-state index < -0.39 is 0 Å². The molecule has 1 saturated carbocycles. The molecule has 0 spiro atoms. The molecule has 1 N–H and O–H groups in total. The van der Waals surface area contributed by atoms with Crippen LogP contribution in [-0.4, -0.2) is 9.55 Å². The normalized spacial score (nSPS) is 26.8. The first-order valence-electron chi connectivity index (χ1n) is 4.48. The van der Waals surface area contributed by atoms with Gasteiger partial charge in [0.05, 0.1) is 0 Å². The monoisotopic (exact) mass is 180 g/mol. The predicted octanol–water partition coefficient (Wildman–Crippen LogP) is 0.508. The fourth-order valence-corrected chi connectivity index (χ4v) is 1.80. The number of nitrogens with one attached hydrogen (secondary N) is 1. The van der Waals surface area contributed by atoms with Gasteiger partial charge in [-0.05, 0) is 18.8 Å². The molecule has 2 rings (SSSR count). The number of hydrogen-bond donors (Lipinski definition) is 1. The fraction of sp³-hybridized carbons (Fsp3) is 0.556. The van der Waals surface area contributed by atoms with Crippen LogP contribution in [0.3, 0.4) is 0 Å². The van der Waals surface area contributed by atoms with Gasteiger partial charge in [0.25, 0.3) is 5.56 Å². The molecule has 1 fully saturated rings. The summed E-state index contributed by atoms with van der Waals surface area (Å²) in [6, 6.07) is 1.68. The summed E-state index contributed by atoms with van der Waals surface area (Å²) in [5, 5.41) is 0. The Morgan fingerprint density at radius 1 is 1.46 bits per heavy atom. The maximum Gasteiger partial charge on any atom is 0.328 e. The molecule has 0 unspecified atom stereocenters. The first-order valence-corrected chi connectivity index (χ1v) is 4.48. The van der Waals surface area contributed by atoms with E-state index in [1.807, 2.05) is 0 Å². The van der Waals surface area contributed by atoms with Gasteiger partial charge in [0.15, 0.2) is 0 Å². The Balaban J connectivity index is 2.32. The highest BCUT2D eigenvalue weighted by Crippen LogP contribution is 2.35. The van der Waals surface area contributed by atoms with Gasteiger partial charge in [0.2, 0.25) is 0 Å². The molecule has 0 aliphatic heterocycles. The number of H-pyrrole nitrogens is 1. The van der Waals surface area contributed by atoms with E-state index in [1.165, 1.54) is 6.07 Å². The van der Waals surface area contributed by atoms with E-state index in [0.717, 1.165) is 12.8 Å². The van der Waals surface area contributed by atoms with E-state index in [2.05, 4.69) is 11.9 Å². The first kappa shape index (κ1) is 8.29. The summed E-state index contributed by atoms with van der Waals surface area (Å²) < 4.78 is 1.61. The lowest BCUT2D eigenvalue weighted by molar-refractivity contribution is 0.209. The van der Waals surface area contributed by atoms with Gasteiger partial charge in [-0.2, -0.15) is 0 Å². The molecule has 4 heteroatoms. The minimum Gasteiger partial charge on any atom is -0.298 e. The van der Waals surface area contributed by atoms with E-state index in [0.29, 0.717) is 12.0 Å². The maximum atomic E-state index is 11.3. The van der Waals surface area contributed by atoms with Crippen LogP contribution in [0.25, 0.3) is 0 Å². The third-order valence-corrected chi connectivity index (χ3v) is 2.59. The van der Waals surface area contributed by atoms with Crippen molar-refractivity contribution in [3.63, 3.8) is 0 Å². The summed E-state index contributed by atoms with van der Waals surface area (Å²) in [7, 11) is 0. The van der Waals surface area contributed by atoms with Gasteiger partial charge in [-0.1, -0.05) is 6.92 Å². The molecule has 0 aromatic carbocycles. The Hall–Kier alpha value is -1.32. The molecule has 0 amide bonds. The van der Waals surface area contributed by atoms with Gasteiger partial charge in [-0.15, -0.1) is 0 Å². The van der Waals surface area contributed by atoms with Crippen LogP contribution >= 0.6 is 0 Å². The zero-order chi connectivity index (χ0) is 9.42. The maximum absolute atomic E-state index is 11.3. The van der Waals surface area contributed by atoms with Crippen molar-refractivity contribution in [2.75, 3.05) is 0 Å².